The van der Waals surface area contributed by atoms with Gasteiger partial charge in [0.2, 0.25) is 0 Å². The summed E-state index contributed by atoms with van der Waals surface area (Å²) in [5.74, 6) is 0. The molecule has 0 atom stereocenters. The van der Waals surface area contributed by atoms with E-state index in [0.29, 0.717) is 6.61 Å². The van der Waals surface area contributed by atoms with Crippen molar-refractivity contribution in [3.63, 3.8) is 0 Å². The summed E-state index contributed by atoms with van der Waals surface area (Å²) in [7, 11) is -3.09. The Morgan fingerprint density at radius 3 is 1.00 bits per heavy atom. The highest BCUT2D eigenvalue weighted by atomic mass is 28.4. The minimum atomic E-state index is -3.09. The predicted molar refractivity (Wildman–Crippen MR) is 140 cm³/mol. The lowest BCUT2D eigenvalue weighted by Gasteiger charge is -2.32. The second kappa shape index (κ2) is 21.6. The fourth-order valence-corrected chi connectivity index (χ4v) is 6.40. The second-order valence-electron chi connectivity index (χ2n) is 10.2. The molecule has 32 heavy (non-hydrogen) atoms. The van der Waals surface area contributed by atoms with E-state index in [0.717, 1.165) is 6.42 Å². The maximum Gasteiger partial charge on any atom is 0.680 e. The monoisotopic (exact) mass is 474 g/mol. The first-order chi connectivity index (χ1) is 15.3. The predicted octanol–water partition coefficient (Wildman–Crippen LogP) is 8.98. The summed E-state index contributed by atoms with van der Waals surface area (Å²) in [5, 5.41) is 0. The van der Waals surface area contributed by atoms with Crippen LogP contribution in [0.3, 0.4) is 0 Å². The lowest BCUT2D eigenvalue weighted by atomic mass is 10.0. The first kappa shape index (κ1) is 32.1. The molecule has 0 aliphatic rings. The minimum Gasteiger partial charge on any atom is -0.351 e. The van der Waals surface area contributed by atoms with E-state index in [-0.39, 0.29) is 18.3 Å². The van der Waals surface area contributed by atoms with Crippen molar-refractivity contribution in [3.05, 3.63) is 0 Å². The Hall–Kier alpha value is 0.0569. The Morgan fingerprint density at radius 2 is 0.719 bits per heavy atom. The Bertz CT molecular complexity index is 361. The summed E-state index contributed by atoms with van der Waals surface area (Å²) >= 11 is 0. The van der Waals surface area contributed by atoms with Gasteiger partial charge in [-0.25, -0.2) is 0 Å². The third-order valence-corrected chi connectivity index (χ3v) is 8.25. The molecule has 4 nitrogen and oxygen atoms in total. The molecular weight excluding hydrogens is 416 g/mol. The van der Waals surface area contributed by atoms with Gasteiger partial charge in [-0.15, -0.1) is 0 Å². The van der Waals surface area contributed by atoms with E-state index in [2.05, 4.69) is 6.92 Å². The van der Waals surface area contributed by atoms with Crippen LogP contribution in [0.15, 0.2) is 0 Å². The van der Waals surface area contributed by atoms with Crippen LogP contribution in [0.1, 0.15) is 151 Å². The zero-order valence-electron chi connectivity index (χ0n) is 22.9. The van der Waals surface area contributed by atoms with Crippen LogP contribution in [0.25, 0.3) is 0 Å². The first-order valence-corrected chi connectivity index (χ1v) is 15.6. The molecule has 0 spiro atoms. The number of unbranched alkanes of at least 4 members (excludes halogenated alkanes) is 15. The van der Waals surface area contributed by atoms with Gasteiger partial charge in [-0.3, -0.25) is 0 Å². The zero-order chi connectivity index (χ0) is 24.1. The highest BCUT2D eigenvalue weighted by molar-refractivity contribution is 6.53. The Morgan fingerprint density at radius 1 is 0.438 bits per heavy atom. The van der Waals surface area contributed by atoms with Crippen molar-refractivity contribution in [1.29, 1.82) is 0 Å². The van der Waals surface area contributed by atoms with E-state index in [9.17, 15) is 0 Å². The van der Waals surface area contributed by atoms with Crippen molar-refractivity contribution in [2.24, 2.45) is 0 Å². The average molecular weight is 475 g/mol. The molecule has 0 aliphatic carbocycles. The number of rotatable bonds is 24. The van der Waals surface area contributed by atoms with E-state index < -0.39 is 9.05 Å². The fraction of sp³-hybridized carbons (Fsp3) is 1.00. The van der Waals surface area contributed by atoms with Crippen LogP contribution in [-0.4, -0.2) is 34.0 Å². The second-order valence-corrected chi connectivity index (χ2v) is 12.1. The topological polar surface area (TPSA) is 36.9 Å². The molecule has 0 N–H and O–H groups in total. The molecular formula is C27H58O4Si. The minimum absolute atomic E-state index is 0.0185. The maximum atomic E-state index is 6.15. The SMILES string of the molecule is CCCCCCCCCCCCCCCCCCO[Si](OC(C)C)(OC(C)C)OC(C)C. The van der Waals surface area contributed by atoms with Crippen molar-refractivity contribution >= 4 is 9.05 Å². The van der Waals surface area contributed by atoms with Gasteiger partial charge in [0.15, 0.2) is 0 Å². The van der Waals surface area contributed by atoms with Crippen molar-refractivity contribution in [3.8, 4) is 0 Å². The summed E-state index contributed by atoms with van der Waals surface area (Å²) in [6.07, 6.45) is 22.0. The van der Waals surface area contributed by atoms with Crippen LogP contribution in [-0.2, 0) is 17.7 Å². The normalized spacial score (nSPS) is 12.6. The van der Waals surface area contributed by atoms with Crippen LogP contribution in [0, 0.1) is 0 Å². The Kier molecular flexibility index (Phi) is 21.6. The molecule has 0 aromatic carbocycles. The Balaban J connectivity index is 3.74. The summed E-state index contributed by atoms with van der Waals surface area (Å²) < 4.78 is 24.3. The quantitative estimate of drug-likeness (QED) is 0.103. The maximum absolute atomic E-state index is 6.15. The van der Waals surface area contributed by atoms with Gasteiger partial charge < -0.3 is 17.7 Å². The van der Waals surface area contributed by atoms with Gasteiger partial charge in [0, 0.05) is 24.9 Å². The molecule has 0 amide bonds. The molecule has 0 fully saturated rings. The fourth-order valence-electron chi connectivity index (χ4n) is 3.90. The van der Waals surface area contributed by atoms with E-state index in [4.69, 9.17) is 17.7 Å². The number of hydrogen-bond acceptors (Lipinski definition) is 4. The smallest absolute Gasteiger partial charge is 0.351 e. The summed E-state index contributed by atoms with van der Waals surface area (Å²) in [6, 6.07) is 0. The van der Waals surface area contributed by atoms with Crippen molar-refractivity contribution < 1.29 is 17.7 Å². The molecule has 0 heterocycles. The highest BCUT2D eigenvalue weighted by Gasteiger charge is 2.48. The highest BCUT2D eigenvalue weighted by Crippen LogP contribution is 2.20. The van der Waals surface area contributed by atoms with Crippen molar-refractivity contribution in [2.75, 3.05) is 6.61 Å². The molecule has 0 aromatic rings. The standard InChI is InChI=1S/C27H58O4Si/c1-8-9-10-11-12-13-14-15-16-17-18-19-20-21-22-23-24-28-32(29-25(2)3,30-26(4)5)31-27(6)7/h25-27H,8-24H2,1-7H3. The first-order valence-electron chi connectivity index (χ1n) is 14.0. The van der Waals surface area contributed by atoms with Gasteiger partial charge in [0.05, 0.1) is 0 Å². The van der Waals surface area contributed by atoms with E-state index in [1.807, 2.05) is 41.5 Å². The molecule has 5 heteroatoms. The lowest BCUT2D eigenvalue weighted by molar-refractivity contribution is -0.0750. The third kappa shape index (κ3) is 20.6. The van der Waals surface area contributed by atoms with E-state index in [1.165, 1.54) is 96.3 Å². The molecule has 0 saturated carbocycles. The van der Waals surface area contributed by atoms with Gasteiger partial charge in [0.25, 0.3) is 0 Å². The summed E-state index contributed by atoms with van der Waals surface area (Å²) in [5.41, 5.74) is 0. The third-order valence-electron chi connectivity index (χ3n) is 5.42. The summed E-state index contributed by atoms with van der Waals surface area (Å²) in [6.45, 7) is 15.0. The van der Waals surface area contributed by atoms with Crippen LogP contribution in [0.2, 0.25) is 0 Å². The van der Waals surface area contributed by atoms with Crippen LogP contribution >= 0.6 is 0 Å². The largest absolute Gasteiger partial charge is 0.680 e. The molecule has 0 saturated heterocycles. The van der Waals surface area contributed by atoms with Gasteiger partial charge in [0.1, 0.15) is 0 Å². The lowest BCUT2D eigenvalue weighted by Crippen LogP contribution is -2.53. The van der Waals surface area contributed by atoms with Gasteiger partial charge >= 0.3 is 9.05 Å². The molecule has 0 bridgehead atoms. The van der Waals surface area contributed by atoms with Crippen LogP contribution < -0.4 is 0 Å². The van der Waals surface area contributed by atoms with Crippen LogP contribution in [0.4, 0.5) is 0 Å². The molecule has 0 rings (SSSR count). The van der Waals surface area contributed by atoms with E-state index >= 15 is 0 Å². The average Bonchev–Trinajstić information content (AvgIpc) is 2.68. The van der Waals surface area contributed by atoms with Gasteiger partial charge in [-0.05, 0) is 48.0 Å². The van der Waals surface area contributed by atoms with Crippen LogP contribution in [0.5, 0.6) is 0 Å². The van der Waals surface area contributed by atoms with E-state index in [1.54, 1.807) is 0 Å². The molecule has 0 radical (unpaired) electrons. The molecule has 0 aromatic heterocycles. The van der Waals surface area contributed by atoms with Gasteiger partial charge in [-0.1, -0.05) is 103 Å². The van der Waals surface area contributed by atoms with Crippen molar-refractivity contribution in [2.45, 2.75) is 170 Å². The zero-order valence-corrected chi connectivity index (χ0v) is 23.9. The number of hydrogen-bond donors (Lipinski definition) is 0. The Labute approximate surface area is 203 Å². The molecule has 194 valence electrons. The van der Waals surface area contributed by atoms with Crippen molar-refractivity contribution in [1.82, 2.24) is 0 Å². The molecule has 0 unspecified atom stereocenters. The molecule has 0 aliphatic heterocycles. The van der Waals surface area contributed by atoms with Gasteiger partial charge in [-0.2, -0.15) is 0 Å². The summed E-state index contributed by atoms with van der Waals surface area (Å²) in [4.78, 5) is 0.